The van der Waals surface area contributed by atoms with Crippen molar-refractivity contribution < 1.29 is 0 Å². The highest BCUT2D eigenvalue weighted by molar-refractivity contribution is 6.33. The minimum Gasteiger partial charge on any atom is -0.373 e. The summed E-state index contributed by atoms with van der Waals surface area (Å²) >= 11 is 6.24. The molecule has 0 aliphatic carbocycles. The number of nitrogens with one attached hydrogen (secondary N) is 1. The maximum Gasteiger partial charge on any atom is 0.160 e. The van der Waals surface area contributed by atoms with E-state index in [0.717, 1.165) is 23.6 Å². The van der Waals surface area contributed by atoms with E-state index in [4.69, 9.17) is 16.6 Å². The molecule has 2 aliphatic rings. The number of amidine groups is 1. The van der Waals surface area contributed by atoms with E-state index in [1.165, 1.54) is 11.1 Å². The molecule has 0 bridgehead atoms. The fourth-order valence-corrected chi connectivity index (χ4v) is 2.70. The van der Waals surface area contributed by atoms with Crippen molar-refractivity contribution in [3.8, 4) is 0 Å². The number of halogens is 1. The van der Waals surface area contributed by atoms with Crippen LogP contribution in [0.5, 0.6) is 0 Å². The van der Waals surface area contributed by atoms with Crippen LogP contribution in [0.3, 0.4) is 0 Å². The van der Waals surface area contributed by atoms with Crippen molar-refractivity contribution in [1.82, 2.24) is 10.2 Å². The summed E-state index contributed by atoms with van der Waals surface area (Å²) in [5.74, 6) is 0.813. The standard InChI is InChI=1S/C15H17ClN4/c1-4-11-10-6-5-9(2)7-12(10)19-15-13(18-11)14(16)17-8-20(15)3/h5-8,11,18H,4H2,1-3H3. The normalized spacial score (nSPS) is 20.9. The molecule has 2 aliphatic heterocycles. The maximum absolute atomic E-state index is 6.24. The largest absolute Gasteiger partial charge is 0.373 e. The summed E-state index contributed by atoms with van der Waals surface area (Å²) in [5.41, 5.74) is 4.21. The molecule has 0 saturated carbocycles. The molecule has 3 rings (SSSR count). The van der Waals surface area contributed by atoms with Gasteiger partial charge < -0.3 is 10.2 Å². The number of benzene rings is 1. The van der Waals surface area contributed by atoms with Gasteiger partial charge in [0.1, 0.15) is 5.70 Å². The Kier molecular flexibility index (Phi) is 3.26. The molecule has 0 spiro atoms. The van der Waals surface area contributed by atoms with Crippen LogP contribution in [0.15, 0.2) is 39.0 Å². The van der Waals surface area contributed by atoms with Gasteiger partial charge >= 0.3 is 0 Å². The van der Waals surface area contributed by atoms with Crippen molar-refractivity contribution in [2.75, 3.05) is 7.05 Å². The Balaban J connectivity index is 2.21. The van der Waals surface area contributed by atoms with Crippen LogP contribution in [0.4, 0.5) is 5.69 Å². The first kappa shape index (κ1) is 13.2. The number of aliphatic imine (C=N–C) groups is 2. The van der Waals surface area contributed by atoms with Gasteiger partial charge in [0.25, 0.3) is 0 Å². The SMILES string of the molecule is CCC1NC2=C(Cl)N=CN(C)C2=Nc2cc(C)ccc21. The summed E-state index contributed by atoms with van der Waals surface area (Å²) in [6.45, 7) is 4.23. The van der Waals surface area contributed by atoms with Crippen LogP contribution in [0.25, 0.3) is 0 Å². The van der Waals surface area contributed by atoms with Crippen LogP contribution < -0.4 is 5.32 Å². The molecule has 2 heterocycles. The summed E-state index contributed by atoms with van der Waals surface area (Å²) in [6, 6.07) is 6.57. The average molecular weight is 289 g/mol. The lowest BCUT2D eigenvalue weighted by atomic mass is 10.0. The fourth-order valence-electron chi connectivity index (χ4n) is 2.52. The van der Waals surface area contributed by atoms with Gasteiger partial charge in [-0.15, -0.1) is 0 Å². The fraction of sp³-hybridized carbons (Fsp3) is 0.333. The number of rotatable bonds is 1. The van der Waals surface area contributed by atoms with Crippen LogP contribution in [0, 0.1) is 6.92 Å². The Bertz CT molecular complexity index is 645. The first-order valence-electron chi connectivity index (χ1n) is 6.73. The summed E-state index contributed by atoms with van der Waals surface area (Å²) in [6.07, 6.45) is 2.65. The van der Waals surface area contributed by atoms with E-state index in [2.05, 4.69) is 42.4 Å². The lowest BCUT2D eigenvalue weighted by Gasteiger charge is -2.24. The Morgan fingerprint density at radius 2 is 2.20 bits per heavy atom. The maximum atomic E-state index is 6.24. The quantitative estimate of drug-likeness (QED) is 0.804. The van der Waals surface area contributed by atoms with Crippen LogP contribution >= 0.6 is 11.6 Å². The zero-order valence-electron chi connectivity index (χ0n) is 11.8. The summed E-state index contributed by atoms with van der Waals surface area (Å²) in [5, 5.41) is 3.95. The molecule has 20 heavy (non-hydrogen) atoms. The first-order chi connectivity index (χ1) is 9.60. The molecule has 0 fully saturated rings. The number of fused-ring (bicyclic) bond motifs is 2. The van der Waals surface area contributed by atoms with Gasteiger partial charge in [0.05, 0.1) is 18.1 Å². The van der Waals surface area contributed by atoms with Crippen LogP contribution in [-0.2, 0) is 0 Å². The smallest absolute Gasteiger partial charge is 0.160 e. The first-order valence-corrected chi connectivity index (χ1v) is 7.11. The van der Waals surface area contributed by atoms with Gasteiger partial charge in [0.2, 0.25) is 0 Å². The number of aryl methyl sites for hydroxylation is 1. The van der Waals surface area contributed by atoms with Gasteiger partial charge in [-0.2, -0.15) is 0 Å². The molecule has 1 aromatic carbocycles. The minimum atomic E-state index is 0.192. The molecule has 1 aromatic rings. The topological polar surface area (TPSA) is 40.0 Å². The highest BCUT2D eigenvalue weighted by Gasteiger charge is 2.27. The Morgan fingerprint density at radius 3 is 2.95 bits per heavy atom. The van der Waals surface area contributed by atoms with E-state index < -0.39 is 0 Å². The molecular weight excluding hydrogens is 272 g/mol. The molecule has 104 valence electrons. The van der Waals surface area contributed by atoms with Gasteiger partial charge in [-0.3, -0.25) is 0 Å². The molecule has 0 radical (unpaired) electrons. The molecule has 1 N–H and O–H groups in total. The van der Waals surface area contributed by atoms with Gasteiger partial charge in [-0.1, -0.05) is 30.7 Å². The zero-order valence-corrected chi connectivity index (χ0v) is 12.6. The van der Waals surface area contributed by atoms with Crippen molar-refractivity contribution in [2.45, 2.75) is 26.3 Å². The summed E-state index contributed by atoms with van der Waals surface area (Å²) < 4.78 is 0. The van der Waals surface area contributed by atoms with E-state index in [1.807, 2.05) is 11.9 Å². The van der Waals surface area contributed by atoms with Gasteiger partial charge in [-0.05, 0) is 25.0 Å². The third-order valence-corrected chi connectivity index (χ3v) is 3.91. The van der Waals surface area contributed by atoms with Gasteiger partial charge in [0.15, 0.2) is 11.0 Å². The highest BCUT2D eigenvalue weighted by Crippen LogP contribution is 2.34. The Hall–Kier alpha value is -1.81. The Morgan fingerprint density at radius 1 is 1.40 bits per heavy atom. The number of nitrogens with zero attached hydrogens (tertiary/aromatic N) is 3. The van der Waals surface area contributed by atoms with Crippen molar-refractivity contribution in [1.29, 1.82) is 0 Å². The number of likely N-dealkylation sites (N-methyl/N-ethyl adjacent to an activating group) is 1. The molecular formula is C15H17ClN4. The second-order valence-corrected chi connectivity index (χ2v) is 5.48. The lowest BCUT2D eigenvalue weighted by molar-refractivity contribution is 0.586. The van der Waals surface area contributed by atoms with E-state index in [9.17, 15) is 0 Å². The lowest BCUT2D eigenvalue weighted by Crippen LogP contribution is -2.36. The van der Waals surface area contributed by atoms with Crippen LogP contribution in [-0.4, -0.2) is 24.1 Å². The molecule has 0 amide bonds. The van der Waals surface area contributed by atoms with Gasteiger partial charge in [-0.25, -0.2) is 9.98 Å². The van der Waals surface area contributed by atoms with Gasteiger partial charge in [0, 0.05) is 12.6 Å². The molecule has 5 heteroatoms. The van der Waals surface area contributed by atoms with Crippen molar-refractivity contribution in [2.24, 2.45) is 9.98 Å². The van der Waals surface area contributed by atoms with E-state index in [1.54, 1.807) is 6.34 Å². The van der Waals surface area contributed by atoms with E-state index >= 15 is 0 Å². The third kappa shape index (κ3) is 2.10. The molecule has 0 saturated heterocycles. The van der Waals surface area contributed by atoms with Crippen LogP contribution in [0.1, 0.15) is 30.5 Å². The van der Waals surface area contributed by atoms with Crippen molar-refractivity contribution in [3.63, 3.8) is 0 Å². The second kappa shape index (κ2) is 4.94. The summed E-state index contributed by atoms with van der Waals surface area (Å²) in [7, 11) is 1.93. The van der Waals surface area contributed by atoms with Crippen molar-refractivity contribution in [3.05, 3.63) is 40.2 Å². The van der Waals surface area contributed by atoms with Crippen molar-refractivity contribution >= 4 is 29.5 Å². The molecule has 0 aromatic heterocycles. The van der Waals surface area contributed by atoms with Crippen LogP contribution in [0.2, 0.25) is 0 Å². The average Bonchev–Trinajstić information content (AvgIpc) is 2.59. The summed E-state index contributed by atoms with van der Waals surface area (Å²) in [4.78, 5) is 10.9. The Labute approximate surface area is 123 Å². The monoisotopic (exact) mass is 288 g/mol. The molecule has 4 nitrogen and oxygen atoms in total. The predicted molar refractivity (Wildman–Crippen MR) is 83.6 cm³/mol. The highest BCUT2D eigenvalue weighted by atomic mass is 35.5. The molecule has 1 unspecified atom stereocenters. The zero-order chi connectivity index (χ0) is 14.3. The van der Waals surface area contributed by atoms with E-state index in [0.29, 0.717) is 5.16 Å². The number of hydrogen-bond donors (Lipinski definition) is 1. The molecule has 1 atom stereocenters. The van der Waals surface area contributed by atoms with E-state index in [-0.39, 0.29) is 6.04 Å². The predicted octanol–water partition coefficient (Wildman–Crippen LogP) is 3.46. The number of hydrogen-bond acceptors (Lipinski definition) is 4. The minimum absolute atomic E-state index is 0.192. The second-order valence-electron chi connectivity index (χ2n) is 5.12. The third-order valence-electron chi connectivity index (χ3n) is 3.62.